The zero-order valence-corrected chi connectivity index (χ0v) is 10.1. The van der Waals surface area contributed by atoms with Crippen LogP contribution in [-0.4, -0.2) is 15.2 Å². The fourth-order valence-corrected chi connectivity index (χ4v) is 3.26. The fourth-order valence-electron chi connectivity index (χ4n) is 2.19. The first kappa shape index (κ1) is 10.7. The minimum absolute atomic E-state index is 0.0833. The van der Waals surface area contributed by atoms with E-state index in [1.165, 1.54) is 11.1 Å². The highest BCUT2D eigenvalue weighted by Crippen LogP contribution is 2.38. The van der Waals surface area contributed by atoms with E-state index in [4.69, 9.17) is 5.73 Å². The maximum absolute atomic E-state index is 6.26. The van der Waals surface area contributed by atoms with Crippen LogP contribution < -0.4 is 5.73 Å². The van der Waals surface area contributed by atoms with Gasteiger partial charge in [0.15, 0.2) is 5.16 Å². The molecule has 0 amide bonds. The Kier molecular flexibility index (Phi) is 2.82. The van der Waals surface area contributed by atoms with E-state index in [1.807, 2.05) is 12.1 Å². The van der Waals surface area contributed by atoms with E-state index in [1.54, 1.807) is 24.2 Å². The van der Waals surface area contributed by atoms with Gasteiger partial charge in [-0.15, -0.1) is 0 Å². The Hall–Kier alpha value is -1.39. The third-order valence-corrected chi connectivity index (χ3v) is 4.22. The zero-order valence-electron chi connectivity index (χ0n) is 9.28. The zero-order chi connectivity index (χ0) is 11.7. The molecule has 2 atom stereocenters. The molecule has 0 spiro atoms. The van der Waals surface area contributed by atoms with Crippen molar-refractivity contribution >= 4 is 11.8 Å². The van der Waals surface area contributed by atoms with E-state index in [-0.39, 0.29) is 6.04 Å². The maximum Gasteiger partial charge on any atom is 0.187 e. The molecule has 1 aliphatic carbocycles. The van der Waals surface area contributed by atoms with Gasteiger partial charge in [-0.2, -0.15) is 0 Å². The average Bonchev–Trinajstić information content (AvgIpc) is 2.68. The Bertz CT molecular complexity index is 515. The van der Waals surface area contributed by atoms with Crippen molar-refractivity contribution in [1.29, 1.82) is 0 Å². The minimum atomic E-state index is 0.0833. The monoisotopic (exact) mass is 243 g/mol. The summed E-state index contributed by atoms with van der Waals surface area (Å²) in [5, 5.41) is 1.15. The van der Waals surface area contributed by atoms with Crippen LogP contribution in [0.5, 0.6) is 0 Å². The first-order chi connectivity index (χ1) is 8.34. The van der Waals surface area contributed by atoms with Crippen LogP contribution in [-0.2, 0) is 6.42 Å². The molecule has 0 saturated carbocycles. The molecule has 0 fully saturated rings. The predicted octanol–water partition coefficient (Wildman–Crippen LogP) is 2.19. The second-order valence-corrected chi connectivity index (χ2v) is 5.32. The van der Waals surface area contributed by atoms with E-state index >= 15 is 0 Å². The highest BCUT2D eigenvalue weighted by molar-refractivity contribution is 7.99. The van der Waals surface area contributed by atoms with Gasteiger partial charge in [0.05, 0.1) is 0 Å². The van der Waals surface area contributed by atoms with E-state index < -0.39 is 0 Å². The molecular formula is C13H13N3S. The number of hydrogen-bond donors (Lipinski definition) is 1. The van der Waals surface area contributed by atoms with Crippen LogP contribution >= 0.6 is 11.8 Å². The van der Waals surface area contributed by atoms with Crippen molar-refractivity contribution in [1.82, 2.24) is 9.97 Å². The molecule has 0 radical (unpaired) electrons. The van der Waals surface area contributed by atoms with Gasteiger partial charge in [0.2, 0.25) is 0 Å². The lowest BCUT2D eigenvalue weighted by molar-refractivity contribution is 0.727. The summed E-state index contributed by atoms with van der Waals surface area (Å²) in [5.41, 5.74) is 8.88. The molecule has 1 aliphatic rings. The van der Waals surface area contributed by atoms with Gasteiger partial charge < -0.3 is 5.73 Å². The second-order valence-electron chi connectivity index (χ2n) is 4.12. The SMILES string of the molecule is NC1c2ccccc2CC1Sc1ncccn1. The van der Waals surface area contributed by atoms with Gasteiger partial charge in [-0.3, -0.25) is 0 Å². The molecule has 3 nitrogen and oxygen atoms in total. The van der Waals surface area contributed by atoms with Gasteiger partial charge in [0.25, 0.3) is 0 Å². The lowest BCUT2D eigenvalue weighted by Crippen LogP contribution is -2.19. The summed E-state index contributed by atoms with van der Waals surface area (Å²) in [5.74, 6) is 0. The van der Waals surface area contributed by atoms with Crippen LogP contribution in [0.1, 0.15) is 17.2 Å². The number of hydrogen-bond acceptors (Lipinski definition) is 4. The molecular weight excluding hydrogens is 230 g/mol. The summed E-state index contributed by atoms with van der Waals surface area (Å²) < 4.78 is 0. The molecule has 2 unspecified atom stereocenters. The quantitative estimate of drug-likeness (QED) is 0.821. The predicted molar refractivity (Wildman–Crippen MR) is 68.8 cm³/mol. The Balaban J connectivity index is 1.81. The topological polar surface area (TPSA) is 51.8 Å². The van der Waals surface area contributed by atoms with Gasteiger partial charge in [0.1, 0.15) is 0 Å². The molecule has 4 heteroatoms. The molecule has 2 aromatic rings. The van der Waals surface area contributed by atoms with Crippen LogP contribution in [0.2, 0.25) is 0 Å². The molecule has 1 heterocycles. The molecule has 1 aromatic carbocycles. The van der Waals surface area contributed by atoms with Crippen LogP contribution in [0, 0.1) is 0 Å². The summed E-state index contributed by atoms with van der Waals surface area (Å²) in [6.45, 7) is 0. The van der Waals surface area contributed by atoms with Gasteiger partial charge in [-0.05, 0) is 23.6 Å². The number of thioether (sulfide) groups is 1. The van der Waals surface area contributed by atoms with Crippen molar-refractivity contribution in [2.24, 2.45) is 5.73 Å². The number of nitrogens with two attached hydrogens (primary N) is 1. The molecule has 86 valence electrons. The van der Waals surface area contributed by atoms with E-state index in [2.05, 4.69) is 28.2 Å². The minimum Gasteiger partial charge on any atom is -0.323 e. The summed E-state index contributed by atoms with van der Waals surface area (Å²) in [6.07, 6.45) is 4.53. The summed E-state index contributed by atoms with van der Waals surface area (Å²) >= 11 is 1.67. The Morgan fingerprint density at radius 3 is 2.65 bits per heavy atom. The van der Waals surface area contributed by atoms with Gasteiger partial charge in [0, 0.05) is 23.7 Å². The Morgan fingerprint density at radius 2 is 1.88 bits per heavy atom. The number of nitrogens with zero attached hydrogens (tertiary/aromatic N) is 2. The van der Waals surface area contributed by atoms with E-state index in [0.29, 0.717) is 5.25 Å². The standard InChI is InChI=1S/C13H13N3S/c14-12-10-5-2-1-4-9(10)8-11(12)17-13-15-6-3-7-16-13/h1-7,11-12H,8,14H2. The summed E-state index contributed by atoms with van der Waals surface area (Å²) in [4.78, 5) is 8.47. The van der Waals surface area contributed by atoms with E-state index in [0.717, 1.165) is 11.6 Å². The number of benzene rings is 1. The van der Waals surface area contributed by atoms with Crippen molar-refractivity contribution < 1.29 is 0 Å². The maximum atomic E-state index is 6.26. The first-order valence-corrected chi connectivity index (χ1v) is 6.49. The first-order valence-electron chi connectivity index (χ1n) is 5.61. The molecule has 2 N–H and O–H groups in total. The number of fused-ring (bicyclic) bond motifs is 1. The van der Waals surface area contributed by atoms with Crippen LogP contribution in [0.25, 0.3) is 0 Å². The van der Waals surface area contributed by atoms with Gasteiger partial charge in [-0.25, -0.2) is 9.97 Å². The highest BCUT2D eigenvalue weighted by atomic mass is 32.2. The number of aromatic nitrogens is 2. The van der Waals surface area contributed by atoms with Gasteiger partial charge in [-0.1, -0.05) is 36.0 Å². The Morgan fingerprint density at radius 1 is 1.12 bits per heavy atom. The van der Waals surface area contributed by atoms with Gasteiger partial charge >= 0.3 is 0 Å². The summed E-state index contributed by atoms with van der Waals surface area (Å²) in [7, 11) is 0. The second kappa shape index (κ2) is 4.47. The van der Waals surface area contributed by atoms with Crippen molar-refractivity contribution in [2.75, 3.05) is 0 Å². The molecule has 0 bridgehead atoms. The third-order valence-electron chi connectivity index (χ3n) is 3.03. The molecule has 1 aromatic heterocycles. The fraction of sp³-hybridized carbons (Fsp3) is 0.231. The lowest BCUT2D eigenvalue weighted by atomic mass is 10.1. The molecule has 0 aliphatic heterocycles. The Labute approximate surface area is 104 Å². The number of rotatable bonds is 2. The van der Waals surface area contributed by atoms with Crippen LogP contribution in [0.4, 0.5) is 0 Å². The summed E-state index contributed by atoms with van der Waals surface area (Å²) in [6, 6.07) is 10.3. The largest absolute Gasteiger partial charge is 0.323 e. The van der Waals surface area contributed by atoms with Crippen molar-refractivity contribution in [2.45, 2.75) is 22.9 Å². The normalized spacial score (nSPS) is 22.4. The van der Waals surface area contributed by atoms with Crippen LogP contribution in [0.3, 0.4) is 0 Å². The smallest absolute Gasteiger partial charge is 0.187 e. The average molecular weight is 243 g/mol. The molecule has 0 saturated heterocycles. The highest BCUT2D eigenvalue weighted by Gasteiger charge is 2.30. The van der Waals surface area contributed by atoms with Crippen LogP contribution in [0.15, 0.2) is 47.9 Å². The molecule has 3 rings (SSSR count). The van der Waals surface area contributed by atoms with Crippen molar-refractivity contribution in [3.8, 4) is 0 Å². The lowest BCUT2D eigenvalue weighted by Gasteiger charge is -2.13. The van der Waals surface area contributed by atoms with Crippen molar-refractivity contribution in [3.63, 3.8) is 0 Å². The van der Waals surface area contributed by atoms with Crippen molar-refractivity contribution in [3.05, 3.63) is 53.9 Å². The molecule has 17 heavy (non-hydrogen) atoms. The third kappa shape index (κ3) is 2.06. The van der Waals surface area contributed by atoms with E-state index in [9.17, 15) is 0 Å².